The van der Waals surface area contributed by atoms with Gasteiger partial charge in [-0.25, -0.2) is 4.39 Å². The smallest absolute Gasteiger partial charge is 0.183 e. The van der Waals surface area contributed by atoms with E-state index in [9.17, 15) is 4.39 Å². The zero-order chi connectivity index (χ0) is 18.7. The molecule has 1 nitrogen and oxygen atoms in total. The van der Waals surface area contributed by atoms with Gasteiger partial charge in [0.15, 0.2) is 11.6 Å². The average Bonchev–Trinajstić information content (AvgIpc) is 2.59. The third kappa shape index (κ3) is 8.47. The highest BCUT2D eigenvalue weighted by molar-refractivity contribution is 14.1. The van der Waals surface area contributed by atoms with Crippen molar-refractivity contribution in [2.24, 2.45) is 5.92 Å². The van der Waals surface area contributed by atoms with Crippen molar-refractivity contribution in [2.45, 2.75) is 82.0 Å². The Bertz CT molecular complexity index is 495. The Hall–Kier alpha value is -0.0300. The fourth-order valence-corrected chi connectivity index (χ4v) is 4.74. The van der Waals surface area contributed by atoms with Crippen molar-refractivity contribution in [3.63, 3.8) is 0 Å². The standard InChI is InChI=1S/C21H33ClFIO/c1-4-8-16(11-7-13-18(24)9-5-2)10-6-12-17-14-15-19(25-3)21(23)20(17)22/h14-16,18H,4-13H2,1-3H3. The number of ether oxygens (including phenoxy) is 1. The van der Waals surface area contributed by atoms with Crippen LogP contribution in [0.2, 0.25) is 5.02 Å². The third-order valence-electron chi connectivity index (χ3n) is 4.83. The lowest BCUT2D eigenvalue weighted by Crippen LogP contribution is -2.04. The summed E-state index contributed by atoms with van der Waals surface area (Å²) in [5.41, 5.74) is 0.894. The Morgan fingerprint density at radius 1 is 1.04 bits per heavy atom. The molecule has 0 aromatic heterocycles. The summed E-state index contributed by atoms with van der Waals surface area (Å²) < 4.78 is 19.8. The van der Waals surface area contributed by atoms with Crippen LogP contribution < -0.4 is 4.74 Å². The molecule has 0 aliphatic heterocycles. The summed E-state index contributed by atoms with van der Waals surface area (Å²) in [6, 6.07) is 3.57. The summed E-state index contributed by atoms with van der Waals surface area (Å²) in [5.74, 6) is 0.575. The molecular formula is C21H33ClFIO. The van der Waals surface area contributed by atoms with Gasteiger partial charge in [-0.15, -0.1) is 0 Å². The lowest BCUT2D eigenvalue weighted by atomic mass is 9.90. The summed E-state index contributed by atoms with van der Waals surface area (Å²) in [6.45, 7) is 4.53. The Morgan fingerprint density at radius 2 is 1.72 bits per heavy atom. The van der Waals surface area contributed by atoms with Crippen LogP contribution in [0.3, 0.4) is 0 Å². The summed E-state index contributed by atoms with van der Waals surface area (Å²) >= 11 is 8.74. The van der Waals surface area contributed by atoms with Crippen LogP contribution in [0, 0.1) is 11.7 Å². The van der Waals surface area contributed by atoms with Crippen LogP contribution in [0.5, 0.6) is 5.75 Å². The summed E-state index contributed by atoms with van der Waals surface area (Å²) in [7, 11) is 1.46. The molecule has 4 heteroatoms. The van der Waals surface area contributed by atoms with E-state index in [0.29, 0.717) is 0 Å². The van der Waals surface area contributed by atoms with Crippen molar-refractivity contribution in [2.75, 3.05) is 7.11 Å². The summed E-state index contributed by atoms with van der Waals surface area (Å²) in [4.78, 5) is 0. The first-order valence-corrected chi connectivity index (χ1v) is 11.3. The molecule has 1 aromatic carbocycles. The fraction of sp³-hybridized carbons (Fsp3) is 0.714. The van der Waals surface area contributed by atoms with Crippen LogP contribution in [-0.2, 0) is 6.42 Å². The molecule has 0 aliphatic carbocycles. The molecule has 0 amide bonds. The predicted octanol–water partition coefficient (Wildman–Crippen LogP) is 8.00. The minimum Gasteiger partial charge on any atom is -0.494 e. The minimum atomic E-state index is -0.434. The first kappa shape index (κ1) is 23.0. The number of rotatable bonds is 13. The number of methoxy groups -OCH3 is 1. The highest BCUT2D eigenvalue weighted by Crippen LogP contribution is 2.30. The fourth-order valence-electron chi connectivity index (χ4n) is 3.43. The van der Waals surface area contributed by atoms with E-state index in [-0.39, 0.29) is 10.8 Å². The minimum absolute atomic E-state index is 0.220. The molecule has 0 fully saturated rings. The number of halogens is 3. The van der Waals surface area contributed by atoms with E-state index in [1.54, 1.807) is 6.07 Å². The number of alkyl halides is 1. The Morgan fingerprint density at radius 3 is 2.36 bits per heavy atom. The van der Waals surface area contributed by atoms with Crippen LogP contribution >= 0.6 is 34.2 Å². The maximum absolute atomic E-state index is 14.0. The van der Waals surface area contributed by atoms with Gasteiger partial charge in [0.05, 0.1) is 12.1 Å². The molecule has 0 heterocycles. The molecule has 0 N–H and O–H groups in total. The molecule has 144 valence electrons. The highest BCUT2D eigenvalue weighted by Gasteiger charge is 2.14. The zero-order valence-electron chi connectivity index (χ0n) is 15.9. The third-order valence-corrected chi connectivity index (χ3v) is 6.49. The molecule has 0 spiro atoms. The number of hydrogen-bond acceptors (Lipinski definition) is 1. The van der Waals surface area contributed by atoms with Gasteiger partial charge in [0.1, 0.15) is 0 Å². The van der Waals surface area contributed by atoms with E-state index >= 15 is 0 Å². The molecule has 0 bridgehead atoms. The van der Waals surface area contributed by atoms with E-state index in [0.717, 1.165) is 28.2 Å². The maximum atomic E-state index is 14.0. The molecule has 0 radical (unpaired) electrons. The normalized spacial score (nSPS) is 13.7. The first-order valence-electron chi connectivity index (χ1n) is 9.68. The van der Waals surface area contributed by atoms with Crippen molar-refractivity contribution in [3.8, 4) is 5.75 Å². The summed E-state index contributed by atoms with van der Waals surface area (Å²) in [6.07, 6.45) is 12.3. The molecular weight excluding hydrogens is 450 g/mol. The van der Waals surface area contributed by atoms with Gasteiger partial charge in [-0.3, -0.25) is 0 Å². The maximum Gasteiger partial charge on any atom is 0.183 e. The molecule has 0 saturated carbocycles. The second-order valence-electron chi connectivity index (χ2n) is 6.92. The second-order valence-corrected chi connectivity index (χ2v) is 9.06. The highest BCUT2D eigenvalue weighted by atomic mass is 127. The van der Waals surface area contributed by atoms with Crippen LogP contribution in [0.25, 0.3) is 0 Å². The van der Waals surface area contributed by atoms with Crippen molar-refractivity contribution < 1.29 is 9.13 Å². The van der Waals surface area contributed by atoms with E-state index in [2.05, 4.69) is 36.4 Å². The monoisotopic (exact) mass is 482 g/mol. The summed E-state index contributed by atoms with van der Waals surface area (Å²) in [5, 5.41) is 0.221. The Balaban J connectivity index is 2.43. The van der Waals surface area contributed by atoms with E-state index in [1.807, 2.05) is 6.07 Å². The van der Waals surface area contributed by atoms with Crippen LogP contribution in [0.15, 0.2) is 12.1 Å². The van der Waals surface area contributed by atoms with Gasteiger partial charge in [0, 0.05) is 3.92 Å². The van der Waals surface area contributed by atoms with Crippen LogP contribution in [0.1, 0.15) is 77.2 Å². The van der Waals surface area contributed by atoms with E-state index in [1.165, 1.54) is 58.5 Å². The largest absolute Gasteiger partial charge is 0.494 e. The van der Waals surface area contributed by atoms with Crippen LogP contribution in [-0.4, -0.2) is 11.0 Å². The van der Waals surface area contributed by atoms with Gasteiger partial charge in [-0.1, -0.05) is 92.6 Å². The quantitative estimate of drug-likeness (QED) is 0.204. The lowest BCUT2D eigenvalue weighted by Gasteiger charge is -2.17. The topological polar surface area (TPSA) is 9.23 Å². The molecule has 1 aromatic rings. The molecule has 25 heavy (non-hydrogen) atoms. The van der Waals surface area contributed by atoms with Gasteiger partial charge in [0.2, 0.25) is 0 Å². The molecule has 0 aliphatic rings. The second kappa shape index (κ2) is 13.2. The molecule has 0 saturated heterocycles. The molecule has 2 atom stereocenters. The van der Waals surface area contributed by atoms with Crippen molar-refractivity contribution in [1.82, 2.24) is 0 Å². The van der Waals surface area contributed by atoms with Gasteiger partial charge < -0.3 is 4.74 Å². The SMILES string of the molecule is CCCC(I)CCCC(CCC)CCCc1ccc(OC)c(F)c1Cl. The van der Waals surface area contributed by atoms with Crippen molar-refractivity contribution in [3.05, 3.63) is 28.5 Å². The number of benzene rings is 1. The van der Waals surface area contributed by atoms with Gasteiger partial charge in [-0.05, 0) is 43.2 Å². The van der Waals surface area contributed by atoms with Gasteiger partial charge >= 0.3 is 0 Å². The first-order chi connectivity index (χ1) is 12.0. The van der Waals surface area contributed by atoms with Crippen molar-refractivity contribution >= 4 is 34.2 Å². The average molecular weight is 483 g/mol. The van der Waals surface area contributed by atoms with Crippen LogP contribution in [0.4, 0.5) is 4.39 Å². The van der Waals surface area contributed by atoms with Crippen molar-refractivity contribution in [1.29, 1.82) is 0 Å². The van der Waals surface area contributed by atoms with E-state index < -0.39 is 5.82 Å². The lowest BCUT2D eigenvalue weighted by molar-refractivity contribution is 0.383. The van der Waals surface area contributed by atoms with Gasteiger partial charge in [-0.2, -0.15) is 0 Å². The molecule has 1 rings (SSSR count). The van der Waals surface area contributed by atoms with E-state index in [4.69, 9.17) is 16.3 Å². The molecule has 2 unspecified atom stereocenters. The zero-order valence-corrected chi connectivity index (χ0v) is 18.8. The van der Waals surface area contributed by atoms with Gasteiger partial charge in [0.25, 0.3) is 0 Å². The number of hydrogen-bond donors (Lipinski definition) is 0. The Kier molecular flexibility index (Phi) is 12.1. The number of aryl methyl sites for hydroxylation is 1. The Labute approximate surface area is 172 Å². The predicted molar refractivity (Wildman–Crippen MR) is 116 cm³/mol.